The third-order valence-corrected chi connectivity index (χ3v) is 3.31. The fraction of sp³-hybridized carbons (Fsp3) is 0.357. The summed E-state index contributed by atoms with van der Waals surface area (Å²) in [6.45, 7) is 3.88. The zero-order valence-corrected chi connectivity index (χ0v) is 10.9. The molecule has 0 saturated carbocycles. The lowest BCUT2D eigenvalue weighted by Crippen LogP contribution is -2.43. The normalized spacial score (nSPS) is 15.5. The minimum Gasteiger partial charge on any atom is -0.497 e. The molecule has 2 aromatic rings. The van der Waals surface area contributed by atoms with Crippen LogP contribution >= 0.6 is 0 Å². The van der Waals surface area contributed by atoms with Gasteiger partial charge in [0.1, 0.15) is 11.4 Å². The highest BCUT2D eigenvalue weighted by atomic mass is 16.5. The van der Waals surface area contributed by atoms with Crippen LogP contribution in [0.2, 0.25) is 0 Å². The number of methoxy groups -OCH3 is 1. The molecule has 1 aromatic heterocycles. The van der Waals surface area contributed by atoms with E-state index in [0.29, 0.717) is 0 Å². The summed E-state index contributed by atoms with van der Waals surface area (Å²) in [6, 6.07) is 9.81. The highest BCUT2D eigenvalue weighted by Crippen LogP contribution is 2.25. The van der Waals surface area contributed by atoms with Crippen molar-refractivity contribution in [2.75, 3.05) is 38.2 Å². The number of benzene rings is 1. The third kappa shape index (κ3) is 2.56. The molecule has 0 unspecified atom stereocenters. The molecule has 5 nitrogen and oxygen atoms in total. The first-order chi connectivity index (χ1) is 9.36. The van der Waals surface area contributed by atoms with Crippen molar-refractivity contribution in [1.29, 1.82) is 0 Å². The zero-order valence-electron chi connectivity index (χ0n) is 10.9. The summed E-state index contributed by atoms with van der Waals surface area (Å²) in [4.78, 5) is 2.20. The van der Waals surface area contributed by atoms with Crippen LogP contribution in [-0.2, 0) is 0 Å². The second-order valence-corrected chi connectivity index (χ2v) is 4.52. The molecule has 0 atom stereocenters. The van der Waals surface area contributed by atoms with E-state index in [0.717, 1.165) is 49.1 Å². The van der Waals surface area contributed by atoms with Gasteiger partial charge in [-0.05, 0) is 24.3 Å². The predicted octanol–water partition coefficient (Wildman–Crippen LogP) is 1.76. The van der Waals surface area contributed by atoms with Crippen molar-refractivity contribution in [3.8, 4) is 17.0 Å². The van der Waals surface area contributed by atoms with Gasteiger partial charge in [-0.2, -0.15) is 0 Å². The molecule has 3 rings (SSSR count). The SMILES string of the molecule is COc1ccc(-c2cc(N3CCNCC3)on2)cc1. The van der Waals surface area contributed by atoms with Crippen molar-refractivity contribution in [3.05, 3.63) is 30.3 Å². The van der Waals surface area contributed by atoms with Crippen LogP contribution in [0.1, 0.15) is 0 Å². The van der Waals surface area contributed by atoms with E-state index in [2.05, 4.69) is 15.4 Å². The number of nitrogens with zero attached hydrogens (tertiary/aromatic N) is 2. The van der Waals surface area contributed by atoms with E-state index in [4.69, 9.17) is 9.26 Å². The first-order valence-corrected chi connectivity index (χ1v) is 6.43. The molecular weight excluding hydrogens is 242 g/mol. The van der Waals surface area contributed by atoms with Crippen LogP contribution in [0.5, 0.6) is 5.75 Å². The summed E-state index contributed by atoms with van der Waals surface area (Å²) in [5.41, 5.74) is 1.89. The summed E-state index contributed by atoms with van der Waals surface area (Å²) in [7, 11) is 1.66. The highest BCUT2D eigenvalue weighted by molar-refractivity contribution is 5.63. The van der Waals surface area contributed by atoms with Crippen molar-refractivity contribution < 1.29 is 9.26 Å². The maximum atomic E-state index is 5.43. The Bertz CT molecular complexity index is 530. The molecule has 0 aliphatic carbocycles. The van der Waals surface area contributed by atoms with E-state index in [1.165, 1.54) is 0 Å². The van der Waals surface area contributed by atoms with E-state index in [1.807, 2.05) is 30.3 Å². The summed E-state index contributed by atoms with van der Waals surface area (Å²) in [5.74, 6) is 1.68. The average molecular weight is 259 g/mol. The van der Waals surface area contributed by atoms with Crippen molar-refractivity contribution in [1.82, 2.24) is 10.5 Å². The van der Waals surface area contributed by atoms with E-state index < -0.39 is 0 Å². The summed E-state index contributed by atoms with van der Waals surface area (Å²) < 4.78 is 10.6. The van der Waals surface area contributed by atoms with Gasteiger partial charge >= 0.3 is 0 Å². The largest absolute Gasteiger partial charge is 0.497 e. The fourth-order valence-electron chi connectivity index (χ4n) is 2.20. The lowest BCUT2D eigenvalue weighted by molar-refractivity contribution is 0.409. The molecule has 2 heterocycles. The van der Waals surface area contributed by atoms with Crippen molar-refractivity contribution in [3.63, 3.8) is 0 Å². The number of anilines is 1. The lowest BCUT2D eigenvalue weighted by atomic mass is 10.1. The number of hydrogen-bond donors (Lipinski definition) is 1. The Morgan fingerprint density at radius 1 is 1.21 bits per heavy atom. The first-order valence-electron chi connectivity index (χ1n) is 6.43. The Kier molecular flexibility index (Phi) is 3.37. The van der Waals surface area contributed by atoms with Gasteiger partial charge in [-0.3, -0.25) is 0 Å². The minimum absolute atomic E-state index is 0.840. The summed E-state index contributed by atoms with van der Waals surface area (Å²) >= 11 is 0. The molecule has 0 radical (unpaired) electrons. The van der Waals surface area contributed by atoms with E-state index in [9.17, 15) is 0 Å². The first kappa shape index (κ1) is 12.0. The van der Waals surface area contributed by atoms with Crippen LogP contribution in [0.25, 0.3) is 11.3 Å². The third-order valence-electron chi connectivity index (χ3n) is 3.31. The molecule has 1 aliphatic heterocycles. The maximum Gasteiger partial charge on any atom is 0.227 e. The van der Waals surface area contributed by atoms with Crippen LogP contribution < -0.4 is 15.0 Å². The smallest absolute Gasteiger partial charge is 0.227 e. The standard InChI is InChI=1S/C14H17N3O2/c1-18-12-4-2-11(3-5-12)13-10-14(19-16-13)17-8-6-15-7-9-17/h2-5,10,15H,6-9H2,1H3. The Labute approximate surface area is 112 Å². The predicted molar refractivity (Wildman–Crippen MR) is 73.6 cm³/mol. The molecule has 1 aliphatic rings. The second-order valence-electron chi connectivity index (χ2n) is 4.52. The summed E-state index contributed by atoms with van der Waals surface area (Å²) in [5, 5.41) is 7.46. The van der Waals surface area contributed by atoms with Gasteiger partial charge in [0.25, 0.3) is 0 Å². The number of aromatic nitrogens is 1. The van der Waals surface area contributed by atoms with Crippen LogP contribution in [0.15, 0.2) is 34.9 Å². The molecule has 0 bridgehead atoms. The van der Waals surface area contributed by atoms with Gasteiger partial charge in [-0.1, -0.05) is 5.16 Å². The molecule has 0 spiro atoms. The molecule has 0 amide bonds. The van der Waals surface area contributed by atoms with Gasteiger partial charge in [0.2, 0.25) is 5.88 Å². The van der Waals surface area contributed by atoms with Crippen molar-refractivity contribution >= 4 is 5.88 Å². The van der Waals surface area contributed by atoms with Crippen LogP contribution in [0.3, 0.4) is 0 Å². The van der Waals surface area contributed by atoms with Crippen molar-refractivity contribution in [2.45, 2.75) is 0 Å². The van der Waals surface area contributed by atoms with Gasteiger partial charge in [0.15, 0.2) is 0 Å². The number of hydrogen-bond acceptors (Lipinski definition) is 5. The molecular formula is C14H17N3O2. The zero-order chi connectivity index (χ0) is 13.1. The molecule has 19 heavy (non-hydrogen) atoms. The van der Waals surface area contributed by atoms with Crippen molar-refractivity contribution in [2.24, 2.45) is 0 Å². The van der Waals surface area contributed by atoms with Gasteiger partial charge in [-0.15, -0.1) is 0 Å². The molecule has 5 heteroatoms. The summed E-state index contributed by atoms with van der Waals surface area (Å²) in [6.07, 6.45) is 0. The number of nitrogens with one attached hydrogen (secondary N) is 1. The molecule has 1 aromatic carbocycles. The van der Waals surface area contributed by atoms with Gasteiger partial charge in [-0.25, -0.2) is 0 Å². The maximum absolute atomic E-state index is 5.43. The van der Waals surface area contributed by atoms with E-state index in [-0.39, 0.29) is 0 Å². The molecule has 1 N–H and O–H groups in total. The molecule has 1 saturated heterocycles. The molecule has 100 valence electrons. The van der Waals surface area contributed by atoms with E-state index in [1.54, 1.807) is 7.11 Å². The van der Waals surface area contributed by atoms with Gasteiger partial charge in [0.05, 0.1) is 7.11 Å². The van der Waals surface area contributed by atoms with Crippen LogP contribution in [0, 0.1) is 0 Å². The topological polar surface area (TPSA) is 50.5 Å². The quantitative estimate of drug-likeness (QED) is 0.910. The number of ether oxygens (including phenoxy) is 1. The average Bonchev–Trinajstić information content (AvgIpc) is 2.98. The van der Waals surface area contributed by atoms with Crippen LogP contribution in [-0.4, -0.2) is 38.4 Å². The van der Waals surface area contributed by atoms with Gasteiger partial charge in [0, 0.05) is 37.8 Å². The minimum atomic E-state index is 0.840. The van der Waals surface area contributed by atoms with Gasteiger partial charge < -0.3 is 19.5 Å². The number of piperazine rings is 1. The Morgan fingerprint density at radius 3 is 2.63 bits per heavy atom. The highest BCUT2D eigenvalue weighted by Gasteiger charge is 2.15. The van der Waals surface area contributed by atoms with Crippen LogP contribution in [0.4, 0.5) is 5.88 Å². The fourth-order valence-corrected chi connectivity index (χ4v) is 2.20. The molecule has 1 fully saturated rings. The Hall–Kier alpha value is -2.01. The Balaban J connectivity index is 1.79. The number of rotatable bonds is 3. The van der Waals surface area contributed by atoms with E-state index >= 15 is 0 Å². The monoisotopic (exact) mass is 259 g/mol. The second kappa shape index (κ2) is 5.32. The Morgan fingerprint density at radius 2 is 1.95 bits per heavy atom. The lowest BCUT2D eigenvalue weighted by Gasteiger charge is -2.25.